The summed E-state index contributed by atoms with van der Waals surface area (Å²) in [6.07, 6.45) is 0. The number of nitrogens with zero attached hydrogens (tertiary/aromatic N) is 1. The summed E-state index contributed by atoms with van der Waals surface area (Å²) >= 11 is 0. The predicted molar refractivity (Wildman–Crippen MR) is 76.0 cm³/mol. The van der Waals surface area contributed by atoms with E-state index < -0.39 is 11.9 Å². The van der Waals surface area contributed by atoms with Gasteiger partial charge >= 0.3 is 5.97 Å². The largest absolute Gasteiger partial charge is 0.496 e. The molecule has 19 heavy (non-hydrogen) atoms. The fraction of sp³-hybridized carbons (Fsp3) is 0.533. The smallest absolute Gasteiger partial charge is 0.312 e. The molecule has 1 unspecified atom stereocenters. The minimum atomic E-state index is -0.798. The van der Waals surface area contributed by atoms with Crippen LogP contribution in [0.1, 0.15) is 36.8 Å². The molecule has 1 aromatic carbocycles. The molecule has 4 nitrogen and oxygen atoms in total. The highest BCUT2D eigenvalue weighted by atomic mass is 16.5. The fourth-order valence-electron chi connectivity index (χ4n) is 2.11. The Labute approximate surface area is 115 Å². The molecule has 0 aliphatic heterocycles. The Morgan fingerprint density at radius 3 is 2.42 bits per heavy atom. The lowest BCUT2D eigenvalue weighted by Crippen LogP contribution is -2.26. The normalized spacial score (nSPS) is 12.8. The van der Waals surface area contributed by atoms with E-state index in [1.165, 1.54) is 0 Å². The Kier molecular flexibility index (Phi) is 5.36. The zero-order chi connectivity index (χ0) is 14.6. The molecule has 0 fully saturated rings. The zero-order valence-corrected chi connectivity index (χ0v) is 12.3. The monoisotopic (exact) mass is 265 g/mol. The van der Waals surface area contributed by atoms with Gasteiger partial charge in [-0.2, -0.15) is 0 Å². The van der Waals surface area contributed by atoms with E-state index in [-0.39, 0.29) is 0 Å². The number of carboxylic acid groups (broad SMARTS) is 1. The number of rotatable bonds is 6. The summed E-state index contributed by atoms with van der Waals surface area (Å²) in [5, 5.41) is 9.37. The predicted octanol–water partition coefficient (Wildman–Crippen LogP) is 2.55. The van der Waals surface area contributed by atoms with Crippen LogP contribution >= 0.6 is 0 Å². The van der Waals surface area contributed by atoms with Crippen molar-refractivity contribution in [3.05, 3.63) is 29.3 Å². The molecule has 0 heterocycles. The van der Waals surface area contributed by atoms with Gasteiger partial charge in [-0.15, -0.1) is 0 Å². The standard InChI is InChI=1S/C15H23NO3/c1-10(2)12-8-11(6-7-14(12)19-5)13(15(17)18)9-16(3)4/h6-8,10,13H,9H2,1-5H3,(H,17,18). The maximum absolute atomic E-state index is 11.4. The second-order valence-electron chi connectivity index (χ2n) is 5.31. The number of hydrogen-bond acceptors (Lipinski definition) is 3. The van der Waals surface area contributed by atoms with Crippen molar-refractivity contribution in [3.8, 4) is 5.75 Å². The summed E-state index contributed by atoms with van der Waals surface area (Å²) < 4.78 is 5.33. The highest BCUT2D eigenvalue weighted by Crippen LogP contribution is 2.30. The maximum atomic E-state index is 11.4. The first kappa shape index (κ1) is 15.5. The molecule has 0 saturated carbocycles. The minimum absolute atomic E-state index is 0.295. The van der Waals surface area contributed by atoms with Gasteiger partial charge in [-0.25, -0.2) is 0 Å². The van der Waals surface area contributed by atoms with E-state index in [0.717, 1.165) is 16.9 Å². The second-order valence-corrected chi connectivity index (χ2v) is 5.31. The van der Waals surface area contributed by atoms with Gasteiger partial charge in [0.1, 0.15) is 5.75 Å². The lowest BCUT2D eigenvalue weighted by Gasteiger charge is -2.20. The molecule has 0 bridgehead atoms. The summed E-state index contributed by atoms with van der Waals surface area (Å²) in [4.78, 5) is 13.3. The van der Waals surface area contributed by atoms with Gasteiger partial charge in [0.2, 0.25) is 0 Å². The summed E-state index contributed by atoms with van der Waals surface area (Å²) in [7, 11) is 5.39. The Balaban J connectivity index is 3.17. The summed E-state index contributed by atoms with van der Waals surface area (Å²) in [6, 6.07) is 5.65. The number of benzene rings is 1. The Bertz CT molecular complexity index is 441. The van der Waals surface area contributed by atoms with Crippen LogP contribution in [-0.4, -0.2) is 43.7 Å². The molecule has 0 radical (unpaired) electrons. The van der Waals surface area contributed by atoms with Crippen LogP contribution < -0.4 is 4.74 Å². The molecule has 0 spiro atoms. The van der Waals surface area contributed by atoms with E-state index >= 15 is 0 Å². The Morgan fingerprint density at radius 1 is 1.37 bits per heavy atom. The van der Waals surface area contributed by atoms with Crippen molar-refractivity contribution >= 4 is 5.97 Å². The van der Waals surface area contributed by atoms with Crippen LogP contribution in [0.4, 0.5) is 0 Å². The van der Waals surface area contributed by atoms with Crippen LogP contribution in [0.15, 0.2) is 18.2 Å². The quantitative estimate of drug-likeness (QED) is 0.858. The van der Waals surface area contributed by atoms with E-state index in [0.29, 0.717) is 12.5 Å². The van der Waals surface area contributed by atoms with Gasteiger partial charge < -0.3 is 14.7 Å². The van der Waals surface area contributed by atoms with E-state index in [4.69, 9.17) is 4.74 Å². The van der Waals surface area contributed by atoms with Crippen LogP contribution in [0.25, 0.3) is 0 Å². The molecule has 0 saturated heterocycles. The van der Waals surface area contributed by atoms with Crippen molar-refractivity contribution in [2.75, 3.05) is 27.7 Å². The second kappa shape index (κ2) is 6.57. The van der Waals surface area contributed by atoms with Crippen molar-refractivity contribution < 1.29 is 14.6 Å². The summed E-state index contributed by atoms with van der Waals surface area (Å²) in [5.41, 5.74) is 1.87. The van der Waals surface area contributed by atoms with Gasteiger partial charge in [-0.3, -0.25) is 4.79 Å². The van der Waals surface area contributed by atoms with E-state index in [1.807, 2.05) is 37.2 Å². The number of carboxylic acids is 1. The molecule has 1 rings (SSSR count). The first-order valence-corrected chi connectivity index (χ1v) is 6.42. The van der Waals surface area contributed by atoms with Gasteiger partial charge in [-0.05, 0) is 37.2 Å². The van der Waals surface area contributed by atoms with Gasteiger partial charge in [-0.1, -0.05) is 26.0 Å². The molecular formula is C15H23NO3. The van der Waals surface area contributed by atoms with Gasteiger partial charge in [0.15, 0.2) is 0 Å². The van der Waals surface area contributed by atoms with Crippen LogP contribution in [0.2, 0.25) is 0 Å². The SMILES string of the molecule is COc1ccc(C(CN(C)C)C(=O)O)cc1C(C)C. The molecule has 0 aliphatic carbocycles. The van der Waals surface area contributed by atoms with Gasteiger partial charge in [0, 0.05) is 6.54 Å². The average Bonchev–Trinajstić information content (AvgIpc) is 2.34. The van der Waals surface area contributed by atoms with Crippen molar-refractivity contribution in [2.45, 2.75) is 25.7 Å². The lowest BCUT2D eigenvalue weighted by molar-refractivity contribution is -0.139. The van der Waals surface area contributed by atoms with Crippen LogP contribution in [-0.2, 0) is 4.79 Å². The minimum Gasteiger partial charge on any atom is -0.496 e. The van der Waals surface area contributed by atoms with Crippen LogP contribution in [0, 0.1) is 0 Å². The van der Waals surface area contributed by atoms with Crippen LogP contribution in [0.3, 0.4) is 0 Å². The molecule has 4 heteroatoms. The van der Waals surface area contributed by atoms with Gasteiger partial charge in [0.25, 0.3) is 0 Å². The molecule has 106 valence electrons. The molecular weight excluding hydrogens is 242 g/mol. The first-order valence-electron chi connectivity index (χ1n) is 6.42. The maximum Gasteiger partial charge on any atom is 0.312 e. The number of likely N-dealkylation sites (N-methyl/N-ethyl adjacent to an activating group) is 1. The average molecular weight is 265 g/mol. The third-order valence-electron chi connectivity index (χ3n) is 3.12. The van der Waals surface area contributed by atoms with Crippen LogP contribution in [0.5, 0.6) is 5.75 Å². The first-order chi connectivity index (χ1) is 8.86. The molecule has 1 atom stereocenters. The topological polar surface area (TPSA) is 49.8 Å². The van der Waals surface area contributed by atoms with E-state index in [2.05, 4.69) is 13.8 Å². The van der Waals surface area contributed by atoms with Crippen molar-refractivity contribution in [1.82, 2.24) is 4.90 Å². The number of ether oxygens (including phenoxy) is 1. The Hall–Kier alpha value is -1.55. The third-order valence-corrected chi connectivity index (χ3v) is 3.12. The number of carbonyl (C=O) groups is 1. The Morgan fingerprint density at radius 2 is 2.00 bits per heavy atom. The molecule has 0 aromatic heterocycles. The number of hydrogen-bond donors (Lipinski definition) is 1. The van der Waals surface area contributed by atoms with Crippen molar-refractivity contribution in [1.29, 1.82) is 0 Å². The van der Waals surface area contributed by atoms with E-state index in [1.54, 1.807) is 7.11 Å². The highest BCUT2D eigenvalue weighted by Gasteiger charge is 2.22. The third kappa shape index (κ3) is 3.96. The fourth-order valence-corrected chi connectivity index (χ4v) is 2.11. The van der Waals surface area contributed by atoms with Crippen molar-refractivity contribution in [2.24, 2.45) is 0 Å². The highest BCUT2D eigenvalue weighted by molar-refractivity contribution is 5.76. The van der Waals surface area contributed by atoms with Gasteiger partial charge in [0.05, 0.1) is 13.0 Å². The molecule has 1 aromatic rings. The van der Waals surface area contributed by atoms with E-state index in [9.17, 15) is 9.90 Å². The summed E-state index contributed by atoms with van der Waals surface area (Å²) in [5.74, 6) is -0.205. The summed E-state index contributed by atoms with van der Waals surface area (Å²) in [6.45, 7) is 4.63. The molecule has 1 N–H and O–H groups in total. The molecule has 0 amide bonds. The lowest BCUT2D eigenvalue weighted by atomic mass is 9.92. The number of aliphatic carboxylic acids is 1. The zero-order valence-electron chi connectivity index (χ0n) is 12.3. The molecule has 0 aliphatic rings. The van der Waals surface area contributed by atoms with Crippen molar-refractivity contribution in [3.63, 3.8) is 0 Å². The number of methoxy groups -OCH3 is 1.